The van der Waals surface area contributed by atoms with Crippen LogP contribution in [0, 0.1) is 11.8 Å². The highest BCUT2D eigenvalue weighted by Crippen LogP contribution is 2.25. The fourth-order valence-electron chi connectivity index (χ4n) is 3.81. The van der Waals surface area contributed by atoms with Gasteiger partial charge in [0.15, 0.2) is 0 Å². The van der Waals surface area contributed by atoms with Crippen molar-refractivity contribution in [1.82, 2.24) is 4.90 Å². The van der Waals surface area contributed by atoms with Crippen molar-refractivity contribution in [3.05, 3.63) is 0 Å². The summed E-state index contributed by atoms with van der Waals surface area (Å²) in [7, 11) is 0. The maximum Gasteiger partial charge on any atom is 0.416 e. The lowest BCUT2D eigenvalue weighted by atomic mass is 9.96. The molecule has 2 amide bonds. The van der Waals surface area contributed by atoms with Gasteiger partial charge in [-0.05, 0) is 12.3 Å². The highest BCUT2D eigenvalue weighted by Gasteiger charge is 2.42. The van der Waals surface area contributed by atoms with Crippen LogP contribution in [0.4, 0.5) is 9.18 Å². The minimum atomic E-state index is -1.20. The highest BCUT2D eigenvalue weighted by molar-refractivity contribution is 5.94. The van der Waals surface area contributed by atoms with Crippen molar-refractivity contribution in [2.45, 2.75) is 117 Å². The largest absolute Gasteiger partial charge is 0.447 e. The number of rotatable bonds is 15. The molecule has 0 aliphatic carbocycles. The molecule has 3 atom stereocenters. The van der Waals surface area contributed by atoms with Crippen molar-refractivity contribution in [2.24, 2.45) is 11.8 Å². The molecule has 164 valence electrons. The molecule has 1 aliphatic rings. The Labute approximate surface area is 171 Å². The normalized spacial score (nSPS) is 19.1. The molecular formula is C23H42FNO3. The van der Waals surface area contributed by atoms with Gasteiger partial charge in [0.25, 0.3) is 0 Å². The first kappa shape index (κ1) is 24.9. The first-order valence-corrected chi connectivity index (χ1v) is 11.5. The van der Waals surface area contributed by atoms with E-state index in [2.05, 4.69) is 6.92 Å². The molecule has 0 N–H and O–H groups in total. The predicted octanol–water partition coefficient (Wildman–Crippen LogP) is 6.67. The fraction of sp³-hybridized carbons (Fsp3) is 0.913. The summed E-state index contributed by atoms with van der Waals surface area (Å²) in [5.74, 6) is -1.13. The van der Waals surface area contributed by atoms with Crippen LogP contribution in [-0.2, 0) is 9.53 Å². The molecule has 0 aromatic carbocycles. The zero-order valence-corrected chi connectivity index (χ0v) is 18.6. The number of carbonyl (C=O) groups excluding carboxylic acids is 2. The van der Waals surface area contributed by atoms with Crippen LogP contribution in [0.15, 0.2) is 0 Å². The van der Waals surface area contributed by atoms with E-state index in [9.17, 15) is 14.0 Å². The summed E-state index contributed by atoms with van der Waals surface area (Å²) in [6.45, 7) is 7.92. The molecule has 1 saturated heterocycles. The van der Waals surface area contributed by atoms with E-state index in [1.807, 2.05) is 13.8 Å². The zero-order valence-electron chi connectivity index (χ0n) is 18.6. The SMILES string of the molecule is CCCCCCCCCCCCC[C@H](F)[C@H](C)C(=O)N1C(=O)OC[C@@H]1C(C)C. The number of nitrogens with zero attached hydrogens (tertiary/aromatic N) is 1. The lowest BCUT2D eigenvalue weighted by molar-refractivity contribution is -0.135. The van der Waals surface area contributed by atoms with Crippen LogP contribution >= 0.6 is 0 Å². The molecule has 1 aliphatic heterocycles. The van der Waals surface area contributed by atoms with E-state index < -0.39 is 24.1 Å². The second kappa shape index (κ2) is 13.9. The molecule has 0 aromatic rings. The van der Waals surface area contributed by atoms with Crippen molar-refractivity contribution in [3.63, 3.8) is 0 Å². The van der Waals surface area contributed by atoms with E-state index in [1.165, 1.54) is 51.4 Å². The Kier molecular flexibility index (Phi) is 12.4. The number of halogens is 1. The van der Waals surface area contributed by atoms with Crippen LogP contribution in [0.25, 0.3) is 0 Å². The third-order valence-electron chi connectivity index (χ3n) is 5.93. The summed E-state index contributed by atoms with van der Waals surface area (Å²) < 4.78 is 19.5. The Morgan fingerprint density at radius 3 is 2.00 bits per heavy atom. The maximum absolute atomic E-state index is 14.5. The summed E-state index contributed by atoms with van der Waals surface area (Å²) >= 11 is 0. The molecule has 1 rings (SSSR count). The molecule has 0 unspecified atom stereocenters. The molecule has 0 radical (unpaired) electrons. The average Bonchev–Trinajstić information content (AvgIpc) is 3.06. The van der Waals surface area contributed by atoms with Crippen molar-refractivity contribution in [2.75, 3.05) is 6.61 Å². The monoisotopic (exact) mass is 399 g/mol. The van der Waals surface area contributed by atoms with Gasteiger partial charge in [-0.1, -0.05) is 98.3 Å². The number of alkyl halides is 1. The topological polar surface area (TPSA) is 46.6 Å². The van der Waals surface area contributed by atoms with Gasteiger partial charge >= 0.3 is 6.09 Å². The molecular weight excluding hydrogens is 357 g/mol. The van der Waals surface area contributed by atoms with Gasteiger partial charge in [0, 0.05) is 0 Å². The summed E-state index contributed by atoms with van der Waals surface area (Å²) in [6.07, 6.45) is 12.0. The predicted molar refractivity (Wildman–Crippen MR) is 112 cm³/mol. The van der Waals surface area contributed by atoms with Gasteiger partial charge in [-0.3, -0.25) is 4.79 Å². The third kappa shape index (κ3) is 8.48. The van der Waals surface area contributed by atoms with E-state index in [-0.39, 0.29) is 18.6 Å². The van der Waals surface area contributed by atoms with Gasteiger partial charge in [-0.25, -0.2) is 14.1 Å². The van der Waals surface area contributed by atoms with Crippen LogP contribution in [-0.4, -0.2) is 35.7 Å². The van der Waals surface area contributed by atoms with Gasteiger partial charge < -0.3 is 4.74 Å². The van der Waals surface area contributed by atoms with E-state index in [4.69, 9.17) is 4.74 Å². The van der Waals surface area contributed by atoms with E-state index in [1.54, 1.807) is 6.92 Å². The Bertz CT molecular complexity index is 455. The summed E-state index contributed by atoms with van der Waals surface area (Å²) in [5.41, 5.74) is 0. The smallest absolute Gasteiger partial charge is 0.416 e. The lowest BCUT2D eigenvalue weighted by Gasteiger charge is -2.26. The van der Waals surface area contributed by atoms with Crippen molar-refractivity contribution < 1.29 is 18.7 Å². The Balaban J connectivity index is 2.17. The standard InChI is InChI=1S/C23H42FNO3/c1-5-6-7-8-9-10-11-12-13-14-15-16-20(24)19(4)22(26)25-21(18(2)3)17-28-23(25)27/h18-21H,5-17H2,1-4H3/t19-,20-,21+/m0/s1. The summed E-state index contributed by atoms with van der Waals surface area (Å²) in [6, 6.07) is -0.281. The zero-order chi connectivity index (χ0) is 20.9. The Hall–Kier alpha value is -1.13. The van der Waals surface area contributed by atoms with Gasteiger partial charge in [-0.15, -0.1) is 0 Å². The number of carbonyl (C=O) groups is 2. The van der Waals surface area contributed by atoms with Crippen molar-refractivity contribution >= 4 is 12.0 Å². The molecule has 0 bridgehead atoms. The minimum Gasteiger partial charge on any atom is -0.447 e. The molecule has 1 heterocycles. The average molecular weight is 400 g/mol. The van der Waals surface area contributed by atoms with Crippen LogP contribution in [0.1, 0.15) is 105 Å². The minimum absolute atomic E-state index is 0.104. The van der Waals surface area contributed by atoms with Crippen molar-refractivity contribution in [3.8, 4) is 0 Å². The van der Waals surface area contributed by atoms with Gasteiger partial charge in [0.1, 0.15) is 12.8 Å². The molecule has 0 spiro atoms. The second-order valence-electron chi connectivity index (χ2n) is 8.73. The molecule has 28 heavy (non-hydrogen) atoms. The molecule has 1 fully saturated rings. The van der Waals surface area contributed by atoms with E-state index in [0.29, 0.717) is 6.42 Å². The number of unbranched alkanes of at least 4 members (excludes halogenated alkanes) is 10. The quantitative estimate of drug-likeness (QED) is 0.289. The van der Waals surface area contributed by atoms with Crippen LogP contribution in [0.5, 0.6) is 0 Å². The van der Waals surface area contributed by atoms with E-state index >= 15 is 0 Å². The number of hydrogen-bond donors (Lipinski definition) is 0. The fourth-order valence-corrected chi connectivity index (χ4v) is 3.81. The van der Waals surface area contributed by atoms with Crippen molar-refractivity contribution in [1.29, 1.82) is 0 Å². The number of hydrogen-bond acceptors (Lipinski definition) is 3. The Morgan fingerprint density at radius 1 is 1.00 bits per heavy atom. The number of ether oxygens (including phenoxy) is 1. The molecule has 0 saturated carbocycles. The van der Waals surface area contributed by atoms with Crippen LogP contribution in [0.2, 0.25) is 0 Å². The molecule has 0 aromatic heterocycles. The molecule has 5 heteroatoms. The first-order chi connectivity index (χ1) is 13.4. The highest BCUT2D eigenvalue weighted by atomic mass is 19.1. The molecule has 4 nitrogen and oxygen atoms in total. The van der Waals surface area contributed by atoms with Gasteiger partial charge in [0.2, 0.25) is 5.91 Å². The van der Waals surface area contributed by atoms with Crippen LogP contribution in [0.3, 0.4) is 0 Å². The number of imide groups is 1. The first-order valence-electron chi connectivity index (χ1n) is 11.5. The van der Waals surface area contributed by atoms with Gasteiger partial charge in [-0.2, -0.15) is 0 Å². The third-order valence-corrected chi connectivity index (χ3v) is 5.93. The second-order valence-corrected chi connectivity index (χ2v) is 8.73. The maximum atomic E-state index is 14.5. The summed E-state index contributed by atoms with van der Waals surface area (Å²) in [4.78, 5) is 25.6. The van der Waals surface area contributed by atoms with Crippen LogP contribution < -0.4 is 0 Å². The van der Waals surface area contributed by atoms with E-state index in [0.717, 1.165) is 24.2 Å². The lowest BCUT2D eigenvalue weighted by Crippen LogP contribution is -2.46. The van der Waals surface area contributed by atoms with Gasteiger partial charge in [0.05, 0.1) is 12.0 Å². The number of cyclic esters (lactones) is 1. The summed E-state index contributed by atoms with van der Waals surface area (Å²) in [5, 5.41) is 0. The number of amides is 2. The Morgan fingerprint density at radius 2 is 1.50 bits per heavy atom.